The lowest BCUT2D eigenvalue weighted by molar-refractivity contribution is -0.385. The second-order valence-electron chi connectivity index (χ2n) is 4.71. The Bertz CT molecular complexity index is 622. The molecular weight excluding hydrogens is 258 g/mol. The molecule has 1 aromatic carbocycles. The average molecular weight is 275 g/mol. The molecule has 2 aromatic rings. The minimum atomic E-state index is -0.519. The quantitative estimate of drug-likeness (QED) is 0.671. The number of nitro groups is 1. The highest BCUT2D eigenvalue weighted by Crippen LogP contribution is 2.22. The highest BCUT2D eigenvalue weighted by molar-refractivity contribution is 5.44. The van der Waals surface area contributed by atoms with E-state index in [1.165, 1.54) is 6.07 Å². The van der Waals surface area contributed by atoms with E-state index in [-0.39, 0.29) is 10.6 Å². The summed E-state index contributed by atoms with van der Waals surface area (Å²) < 4.78 is 1.68. The first-order chi connectivity index (χ1) is 9.52. The van der Waals surface area contributed by atoms with Gasteiger partial charge in [-0.25, -0.2) is 0 Å². The number of aliphatic hydroxyl groups is 1. The number of nitro benzene ring substituents is 1. The third-order valence-corrected chi connectivity index (χ3v) is 3.37. The Morgan fingerprint density at radius 2 is 2.25 bits per heavy atom. The van der Waals surface area contributed by atoms with Gasteiger partial charge in [-0.05, 0) is 18.9 Å². The van der Waals surface area contributed by atoms with E-state index in [4.69, 9.17) is 0 Å². The van der Waals surface area contributed by atoms with Gasteiger partial charge in [0.05, 0.1) is 23.8 Å². The third kappa shape index (κ3) is 2.85. The molecule has 0 radical (unpaired) electrons. The SMILES string of the molecule is CCC(O)c1cnn(Cc2cccc([N+](=O)[O-])c2C)c1. The van der Waals surface area contributed by atoms with Gasteiger partial charge in [-0.3, -0.25) is 14.8 Å². The molecule has 1 unspecified atom stereocenters. The van der Waals surface area contributed by atoms with Gasteiger partial charge in [-0.1, -0.05) is 19.1 Å². The van der Waals surface area contributed by atoms with E-state index in [1.54, 1.807) is 30.1 Å². The molecule has 0 bridgehead atoms. The zero-order valence-electron chi connectivity index (χ0n) is 11.5. The summed E-state index contributed by atoms with van der Waals surface area (Å²) in [5, 5.41) is 24.8. The number of aromatic nitrogens is 2. The summed E-state index contributed by atoms with van der Waals surface area (Å²) in [6, 6.07) is 5.01. The normalized spacial score (nSPS) is 12.3. The summed E-state index contributed by atoms with van der Waals surface area (Å²) in [5.74, 6) is 0. The van der Waals surface area contributed by atoms with E-state index < -0.39 is 6.10 Å². The summed E-state index contributed by atoms with van der Waals surface area (Å²) in [5.41, 5.74) is 2.37. The van der Waals surface area contributed by atoms with Crippen LogP contribution in [0.3, 0.4) is 0 Å². The van der Waals surface area contributed by atoms with E-state index in [2.05, 4.69) is 5.10 Å². The standard InChI is InChI=1S/C14H17N3O3/c1-3-14(18)12-7-15-16(9-12)8-11-5-4-6-13(10(11)2)17(19)20/h4-7,9,14,18H,3,8H2,1-2H3. The molecule has 0 fully saturated rings. The number of benzene rings is 1. The molecule has 1 aromatic heterocycles. The number of aliphatic hydroxyl groups excluding tert-OH is 1. The predicted octanol–water partition coefficient (Wildman–Crippen LogP) is 2.59. The monoisotopic (exact) mass is 275 g/mol. The number of hydrogen-bond donors (Lipinski definition) is 1. The fourth-order valence-electron chi connectivity index (χ4n) is 2.09. The van der Waals surface area contributed by atoms with Crippen molar-refractivity contribution in [2.75, 3.05) is 0 Å². The zero-order chi connectivity index (χ0) is 14.7. The van der Waals surface area contributed by atoms with Gasteiger partial charge in [0.1, 0.15) is 0 Å². The summed E-state index contributed by atoms with van der Waals surface area (Å²) in [6.07, 6.45) is 3.50. The maximum Gasteiger partial charge on any atom is 0.272 e. The molecule has 1 N–H and O–H groups in total. The van der Waals surface area contributed by atoms with E-state index in [0.717, 1.165) is 11.1 Å². The van der Waals surface area contributed by atoms with Crippen LogP contribution in [0.1, 0.15) is 36.1 Å². The lowest BCUT2D eigenvalue weighted by atomic mass is 10.1. The summed E-state index contributed by atoms with van der Waals surface area (Å²) in [6.45, 7) is 4.08. The van der Waals surface area contributed by atoms with Gasteiger partial charge in [0.25, 0.3) is 5.69 Å². The van der Waals surface area contributed by atoms with E-state index >= 15 is 0 Å². The van der Waals surface area contributed by atoms with Crippen LogP contribution in [0.5, 0.6) is 0 Å². The van der Waals surface area contributed by atoms with Gasteiger partial charge in [0, 0.05) is 23.4 Å². The van der Waals surface area contributed by atoms with Crippen LogP contribution in [0.25, 0.3) is 0 Å². The first kappa shape index (κ1) is 14.2. The van der Waals surface area contributed by atoms with Gasteiger partial charge in [0.2, 0.25) is 0 Å². The maximum atomic E-state index is 10.9. The van der Waals surface area contributed by atoms with Crippen molar-refractivity contribution in [3.8, 4) is 0 Å². The highest BCUT2D eigenvalue weighted by Gasteiger charge is 2.14. The Morgan fingerprint density at radius 3 is 2.90 bits per heavy atom. The molecule has 0 saturated carbocycles. The maximum absolute atomic E-state index is 10.9. The molecule has 0 aliphatic rings. The Hall–Kier alpha value is -2.21. The fourth-order valence-corrected chi connectivity index (χ4v) is 2.09. The van der Waals surface area contributed by atoms with E-state index in [1.807, 2.05) is 13.0 Å². The summed E-state index contributed by atoms with van der Waals surface area (Å²) in [4.78, 5) is 10.5. The van der Waals surface area contributed by atoms with Crippen LogP contribution >= 0.6 is 0 Å². The lowest BCUT2D eigenvalue weighted by Gasteiger charge is -2.07. The third-order valence-electron chi connectivity index (χ3n) is 3.37. The van der Waals surface area contributed by atoms with Crippen molar-refractivity contribution < 1.29 is 10.0 Å². The van der Waals surface area contributed by atoms with Crippen LogP contribution in [0.4, 0.5) is 5.69 Å². The second-order valence-corrected chi connectivity index (χ2v) is 4.71. The van der Waals surface area contributed by atoms with Gasteiger partial charge in [0.15, 0.2) is 0 Å². The minimum Gasteiger partial charge on any atom is -0.388 e. The molecule has 6 heteroatoms. The summed E-state index contributed by atoms with van der Waals surface area (Å²) >= 11 is 0. The van der Waals surface area contributed by atoms with Crippen molar-refractivity contribution in [3.63, 3.8) is 0 Å². The number of hydrogen-bond acceptors (Lipinski definition) is 4. The van der Waals surface area contributed by atoms with Crippen LogP contribution in [0.15, 0.2) is 30.6 Å². The Morgan fingerprint density at radius 1 is 1.50 bits per heavy atom. The van der Waals surface area contributed by atoms with Crippen LogP contribution in [0.2, 0.25) is 0 Å². The minimum absolute atomic E-state index is 0.114. The molecule has 106 valence electrons. The largest absolute Gasteiger partial charge is 0.388 e. The predicted molar refractivity (Wildman–Crippen MR) is 74.4 cm³/mol. The van der Waals surface area contributed by atoms with Crippen molar-refractivity contribution in [2.45, 2.75) is 32.9 Å². The van der Waals surface area contributed by atoms with Crippen molar-refractivity contribution >= 4 is 5.69 Å². The molecule has 1 heterocycles. The summed E-state index contributed by atoms with van der Waals surface area (Å²) in [7, 11) is 0. The van der Waals surface area contributed by atoms with E-state index in [0.29, 0.717) is 18.5 Å². The molecule has 6 nitrogen and oxygen atoms in total. The highest BCUT2D eigenvalue weighted by atomic mass is 16.6. The Kier molecular flexibility index (Phi) is 4.14. The van der Waals surface area contributed by atoms with Gasteiger partial charge in [-0.2, -0.15) is 5.10 Å². The van der Waals surface area contributed by atoms with Gasteiger partial charge < -0.3 is 5.11 Å². The van der Waals surface area contributed by atoms with Crippen molar-refractivity contribution in [3.05, 3.63) is 57.4 Å². The van der Waals surface area contributed by atoms with Crippen LogP contribution in [-0.4, -0.2) is 19.8 Å². The number of rotatable bonds is 5. The van der Waals surface area contributed by atoms with Crippen LogP contribution in [0, 0.1) is 17.0 Å². The smallest absolute Gasteiger partial charge is 0.272 e. The van der Waals surface area contributed by atoms with Crippen molar-refractivity contribution in [2.24, 2.45) is 0 Å². The van der Waals surface area contributed by atoms with Crippen molar-refractivity contribution in [1.82, 2.24) is 9.78 Å². The van der Waals surface area contributed by atoms with E-state index in [9.17, 15) is 15.2 Å². The first-order valence-corrected chi connectivity index (χ1v) is 6.46. The topological polar surface area (TPSA) is 81.2 Å². The van der Waals surface area contributed by atoms with Crippen molar-refractivity contribution in [1.29, 1.82) is 0 Å². The Balaban J connectivity index is 2.24. The van der Waals surface area contributed by atoms with Gasteiger partial charge in [-0.15, -0.1) is 0 Å². The van der Waals surface area contributed by atoms with Crippen LogP contribution < -0.4 is 0 Å². The zero-order valence-corrected chi connectivity index (χ0v) is 11.5. The second kappa shape index (κ2) is 5.83. The molecule has 0 saturated heterocycles. The number of nitrogens with zero attached hydrogens (tertiary/aromatic N) is 3. The Labute approximate surface area is 116 Å². The molecule has 20 heavy (non-hydrogen) atoms. The molecule has 0 aliphatic heterocycles. The fraction of sp³-hybridized carbons (Fsp3) is 0.357. The molecule has 2 rings (SSSR count). The molecule has 0 aliphatic carbocycles. The molecular formula is C14H17N3O3. The first-order valence-electron chi connectivity index (χ1n) is 6.46. The molecule has 1 atom stereocenters. The average Bonchev–Trinajstić information content (AvgIpc) is 2.88. The van der Waals surface area contributed by atoms with Gasteiger partial charge >= 0.3 is 0 Å². The molecule has 0 amide bonds. The van der Waals surface area contributed by atoms with Crippen LogP contribution in [-0.2, 0) is 6.54 Å². The lowest BCUT2D eigenvalue weighted by Crippen LogP contribution is -2.04. The molecule has 0 spiro atoms.